The first kappa shape index (κ1) is 26.8. The molecule has 0 spiro atoms. The number of aliphatic carboxylic acids is 1. The van der Waals surface area contributed by atoms with E-state index in [1.807, 2.05) is 0 Å². The lowest BCUT2D eigenvalue weighted by Crippen LogP contribution is -2.43. The quantitative estimate of drug-likeness (QED) is 0.329. The van der Waals surface area contributed by atoms with Gasteiger partial charge < -0.3 is 30.3 Å². The molecule has 2 aromatic rings. The number of hydrogen-bond donors (Lipinski definition) is 4. The van der Waals surface area contributed by atoms with Gasteiger partial charge in [0.25, 0.3) is 0 Å². The topological polar surface area (TPSA) is 187 Å². The standard InChI is InChI=1S/C21H29N4O9P/c1-12(2)25(13(3)20(28)29)35(31,34-14-7-5-4-6-8-14)32-11-15-17(26)18(27)19(33-15)24-10-9-16(22)23-21(24)30/h4-10,12-13,15,17-19,26-27H,11H2,1-3H3,(H,28,29)(H2,22,23,30)/t13-,15+,17+,18+,19+,35?/m0/s1. The third-order valence-corrected chi connectivity index (χ3v) is 7.69. The number of aliphatic hydroxyl groups excluding tert-OH is 2. The Morgan fingerprint density at radius 3 is 2.46 bits per heavy atom. The van der Waals surface area contributed by atoms with Crippen molar-refractivity contribution in [1.82, 2.24) is 14.2 Å². The smallest absolute Gasteiger partial charge is 0.462 e. The zero-order chi connectivity index (χ0) is 25.9. The summed E-state index contributed by atoms with van der Waals surface area (Å²) in [6, 6.07) is 7.55. The molecule has 14 heteroatoms. The van der Waals surface area contributed by atoms with Gasteiger partial charge in [0.1, 0.15) is 35.9 Å². The largest absolute Gasteiger partial charge is 0.480 e. The summed E-state index contributed by atoms with van der Waals surface area (Å²) in [7, 11) is -4.34. The molecule has 1 saturated heterocycles. The number of benzene rings is 1. The number of rotatable bonds is 10. The van der Waals surface area contributed by atoms with Crippen LogP contribution in [0.1, 0.15) is 27.0 Å². The Labute approximate surface area is 201 Å². The number of carbonyl (C=O) groups is 1. The molecule has 1 aromatic carbocycles. The maximum absolute atomic E-state index is 14.0. The van der Waals surface area contributed by atoms with E-state index in [0.29, 0.717) is 0 Å². The molecule has 1 aliphatic heterocycles. The lowest BCUT2D eigenvalue weighted by molar-refractivity contribution is -0.141. The van der Waals surface area contributed by atoms with E-state index in [4.69, 9.17) is 19.5 Å². The van der Waals surface area contributed by atoms with Crippen molar-refractivity contribution in [3.05, 3.63) is 53.1 Å². The molecule has 5 N–H and O–H groups in total. The van der Waals surface area contributed by atoms with Crippen molar-refractivity contribution in [3.63, 3.8) is 0 Å². The van der Waals surface area contributed by atoms with E-state index in [-0.39, 0.29) is 11.6 Å². The number of aliphatic hydroxyl groups is 2. The van der Waals surface area contributed by atoms with Crippen LogP contribution in [-0.4, -0.2) is 72.5 Å². The number of anilines is 1. The second kappa shape index (κ2) is 10.9. The Morgan fingerprint density at radius 1 is 1.23 bits per heavy atom. The van der Waals surface area contributed by atoms with Gasteiger partial charge in [-0.2, -0.15) is 9.65 Å². The third kappa shape index (κ3) is 5.89. The summed E-state index contributed by atoms with van der Waals surface area (Å²) in [6.45, 7) is 4.05. The molecule has 1 aliphatic rings. The van der Waals surface area contributed by atoms with E-state index in [9.17, 15) is 29.5 Å². The number of nitrogens with zero attached hydrogens (tertiary/aromatic N) is 3. The van der Waals surface area contributed by atoms with Crippen LogP contribution in [0.4, 0.5) is 5.82 Å². The van der Waals surface area contributed by atoms with E-state index in [0.717, 1.165) is 9.24 Å². The maximum atomic E-state index is 14.0. The van der Waals surface area contributed by atoms with Gasteiger partial charge in [0.05, 0.1) is 6.61 Å². The fourth-order valence-electron chi connectivity index (χ4n) is 3.69. The number of carboxylic acid groups (broad SMARTS) is 1. The highest BCUT2D eigenvalue weighted by Crippen LogP contribution is 2.54. The van der Waals surface area contributed by atoms with Crippen LogP contribution in [0.2, 0.25) is 0 Å². The second-order valence-electron chi connectivity index (χ2n) is 8.25. The first-order valence-electron chi connectivity index (χ1n) is 10.8. The fraction of sp³-hybridized carbons (Fsp3) is 0.476. The SMILES string of the molecule is CC(C)N([C@@H](C)C(=O)O)P(=O)(OC[C@H]1O[C@@H](n2ccc(N)nc2=O)[C@H](O)[C@@H]1O)Oc1ccccc1. The van der Waals surface area contributed by atoms with E-state index >= 15 is 0 Å². The summed E-state index contributed by atoms with van der Waals surface area (Å²) in [5.74, 6) is -1.11. The van der Waals surface area contributed by atoms with Gasteiger partial charge in [-0.15, -0.1) is 0 Å². The molecule has 0 saturated carbocycles. The molecular formula is C21H29N4O9P. The Bertz CT molecular complexity index is 1130. The minimum absolute atomic E-state index is 0.0282. The summed E-state index contributed by atoms with van der Waals surface area (Å²) in [4.78, 5) is 27.5. The van der Waals surface area contributed by atoms with Gasteiger partial charge in [-0.3, -0.25) is 13.9 Å². The molecule has 1 aromatic heterocycles. The van der Waals surface area contributed by atoms with Gasteiger partial charge in [0.15, 0.2) is 6.23 Å². The Hall–Kier alpha value is -2.80. The Balaban J connectivity index is 1.87. The van der Waals surface area contributed by atoms with Crippen molar-refractivity contribution in [2.24, 2.45) is 0 Å². The average molecular weight is 512 g/mol. The van der Waals surface area contributed by atoms with E-state index < -0.39 is 62.6 Å². The molecule has 1 unspecified atom stereocenters. The molecule has 192 valence electrons. The molecule has 0 radical (unpaired) electrons. The lowest BCUT2D eigenvalue weighted by atomic mass is 10.1. The van der Waals surface area contributed by atoms with Crippen LogP contribution < -0.4 is 15.9 Å². The Kier molecular flexibility index (Phi) is 8.31. The number of nitrogen functional groups attached to an aromatic ring is 1. The number of ether oxygens (including phenoxy) is 1. The minimum atomic E-state index is -4.34. The molecule has 13 nitrogen and oxygen atoms in total. The van der Waals surface area contributed by atoms with E-state index in [1.54, 1.807) is 32.0 Å². The molecule has 2 heterocycles. The van der Waals surface area contributed by atoms with Gasteiger partial charge in [-0.25, -0.2) is 9.36 Å². The molecule has 0 aliphatic carbocycles. The molecule has 0 amide bonds. The van der Waals surface area contributed by atoms with Crippen molar-refractivity contribution >= 4 is 19.5 Å². The number of para-hydroxylation sites is 1. The predicted molar refractivity (Wildman–Crippen MR) is 124 cm³/mol. The van der Waals surface area contributed by atoms with Gasteiger partial charge in [0.2, 0.25) is 0 Å². The highest BCUT2D eigenvalue weighted by atomic mass is 31.2. The predicted octanol–water partition coefficient (Wildman–Crippen LogP) is 0.832. The minimum Gasteiger partial charge on any atom is -0.480 e. The second-order valence-corrected chi connectivity index (χ2v) is 10.1. The van der Waals surface area contributed by atoms with E-state index in [1.165, 1.54) is 31.3 Å². The van der Waals surface area contributed by atoms with Crippen molar-refractivity contribution in [3.8, 4) is 5.75 Å². The summed E-state index contributed by atoms with van der Waals surface area (Å²) >= 11 is 0. The van der Waals surface area contributed by atoms with Crippen molar-refractivity contribution < 1.29 is 38.5 Å². The monoisotopic (exact) mass is 512 g/mol. The molecule has 1 fully saturated rings. The van der Waals surface area contributed by atoms with Crippen LogP contribution in [0.25, 0.3) is 0 Å². The van der Waals surface area contributed by atoms with Crippen LogP contribution in [-0.2, 0) is 18.6 Å². The first-order chi connectivity index (χ1) is 16.4. The summed E-state index contributed by atoms with van der Waals surface area (Å²) in [5.41, 5.74) is 4.68. The average Bonchev–Trinajstić information content (AvgIpc) is 3.06. The normalized spacial score (nSPS) is 24.9. The van der Waals surface area contributed by atoms with Crippen LogP contribution in [0, 0.1) is 0 Å². The maximum Gasteiger partial charge on any atom is 0.462 e. The van der Waals surface area contributed by atoms with Crippen LogP contribution >= 0.6 is 7.75 Å². The molecule has 35 heavy (non-hydrogen) atoms. The van der Waals surface area contributed by atoms with Crippen molar-refractivity contribution in [2.45, 2.75) is 57.4 Å². The van der Waals surface area contributed by atoms with Crippen LogP contribution in [0.15, 0.2) is 47.4 Å². The van der Waals surface area contributed by atoms with Crippen molar-refractivity contribution in [2.75, 3.05) is 12.3 Å². The highest BCUT2D eigenvalue weighted by Gasteiger charge is 2.48. The van der Waals surface area contributed by atoms with Gasteiger partial charge in [0, 0.05) is 12.2 Å². The van der Waals surface area contributed by atoms with Gasteiger partial charge in [-0.05, 0) is 39.0 Å². The molecule has 0 bridgehead atoms. The zero-order valence-electron chi connectivity index (χ0n) is 19.4. The zero-order valence-corrected chi connectivity index (χ0v) is 20.3. The molecular weight excluding hydrogens is 483 g/mol. The lowest BCUT2D eigenvalue weighted by Gasteiger charge is -2.35. The van der Waals surface area contributed by atoms with Gasteiger partial charge in [-0.1, -0.05) is 18.2 Å². The fourth-order valence-corrected chi connectivity index (χ4v) is 5.79. The van der Waals surface area contributed by atoms with Gasteiger partial charge >= 0.3 is 19.4 Å². The summed E-state index contributed by atoms with van der Waals surface area (Å²) < 4.78 is 33.0. The molecule has 3 rings (SSSR count). The summed E-state index contributed by atoms with van der Waals surface area (Å²) in [5, 5.41) is 30.5. The third-order valence-electron chi connectivity index (χ3n) is 5.39. The number of carboxylic acids is 1. The first-order valence-corrected chi connectivity index (χ1v) is 12.3. The highest BCUT2D eigenvalue weighted by molar-refractivity contribution is 7.51. The summed E-state index contributed by atoms with van der Waals surface area (Å²) in [6.07, 6.45) is -4.36. The van der Waals surface area contributed by atoms with Crippen molar-refractivity contribution in [1.29, 1.82) is 0 Å². The van der Waals surface area contributed by atoms with E-state index in [2.05, 4.69) is 4.98 Å². The number of nitrogens with two attached hydrogens (primary N) is 1. The number of aromatic nitrogens is 2. The Morgan fingerprint density at radius 2 is 1.89 bits per heavy atom. The van der Waals surface area contributed by atoms with Crippen LogP contribution in [0.3, 0.4) is 0 Å². The van der Waals surface area contributed by atoms with Crippen LogP contribution in [0.5, 0.6) is 5.75 Å². The molecule has 6 atom stereocenters. The number of hydrogen-bond acceptors (Lipinski definition) is 10.